The van der Waals surface area contributed by atoms with Crippen LogP contribution < -0.4 is 10.1 Å². The molecule has 27 heavy (non-hydrogen) atoms. The van der Waals surface area contributed by atoms with E-state index in [1.54, 1.807) is 25.1 Å². The van der Waals surface area contributed by atoms with Crippen molar-refractivity contribution in [3.8, 4) is 5.75 Å². The SMILES string of the molecule is COc1ccc([N+](=O)[O-])cc1C(=O)O[C@@H](C)C(=O)Nc1cc(Cl)ccc1C. The quantitative estimate of drug-likeness (QED) is 0.455. The Morgan fingerprint density at radius 1 is 1.22 bits per heavy atom. The molecule has 0 saturated carbocycles. The van der Waals surface area contributed by atoms with E-state index in [4.69, 9.17) is 21.1 Å². The molecule has 142 valence electrons. The average Bonchev–Trinajstić information content (AvgIpc) is 2.63. The van der Waals surface area contributed by atoms with Gasteiger partial charge >= 0.3 is 5.97 Å². The third kappa shape index (κ3) is 4.95. The summed E-state index contributed by atoms with van der Waals surface area (Å²) in [5.74, 6) is -1.39. The van der Waals surface area contributed by atoms with Gasteiger partial charge in [-0.2, -0.15) is 0 Å². The van der Waals surface area contributed by atoms with Crippen molar-refractivity contribution < 1.29 is 24.0 Å². The van der Waals surface area contributed by atoms with Crippen molar-refractivity contribution in [3.63, 3.8) is 0 Å². The molecular weight excluding hydrogens is 376 g/mol. The highest BCUT2D eigenvalue weighted by atomic mass is 35.5. The first kappa shape index (κ1) is 20.2. The highest BCUT2D eigenvalue weighted by molar-refractivity contribution is 6.31. The standard InChI is InChI=1S/C18H17ClN2O6/c1-10-4-5-12(19)8-15(10)20-17(22)11(2)27-18(23)14-9-13(21(24)25)6-7-16(14)26-3/h4-9,11H,1-3H3,(H,20,22)/t11-/m0/s1. The number of amides is 1. The van der Waals surface area contributed by atoms with Crippen molar-refractivity contribution in [3.05, 3.63) is 62.7 Å². The molecule has 2 rings (SSSR count). The van der Waals surface area contributed by atoms with Gasteiger partial charge in [-0.25, -0.2) is 4.79 Å². The fourth-order valence-electron chi connectivity index (χ4n) is 2.21. The second kappa shape index (κ2) is 8.50. The topological polar surface area (TPSA) is 108 Å². The number of nitro groups is 1. The molecule has 0 aromatic heterocycles. The van der Waals surface area contributed by atoms with Crippen molar-refractivity contribution >= 4 is 34.9 Å². The Kier molecular flexibility index (Phi) is 6.36. The third-order valence-electron chi connectivity index (χ3n) is 3.72. The summed E-state index contributed by atoms with van der Waals surface area (Å²) in [6.07, 6.45) is -1.15. The number of carbonyl (C=O) groups excluding carboxylic acids is 2. The zero-order chi connectivity index (χ0) is 20.1. The lowest BCUT2D eigenvalue weighted by molar-refractivity contribution is -0.384. The van der Waals surface area contributed by atoms with Gasteiger partial charge in [0.2, 0.25) is 0 Å². The Labute approximate surface area is 160 Å². The summed E-state index contributed by atoms with van der Waals surface area (Å²) < 4.78 is 10.2. The van der Waals surface area contributed by atoms with E-state index < -0.39 is 22.9 Å². The van der Waals surface area contributed by atoms with Crippen LogP contribution in [0, 0.1) is 17.0 Å². The van der Waals surface area contributed by atoms with Crippen LogP contribution in [0.4, 0.5) is 11.4 Å². The average molecular weight is 393 g/mol. The number of aryl methyl sites for hydroxylation is 1. The number of esters is 1. The lowest BCUT2D eigenvalue weighted by atomic mass is 10.1. The van der Waals surface area contributed by atoms with Crippen molar-refractivity contribution in [2.45, 2.75) is 20.0 Å². The minimum absolute atomic E-state index is 0.101. The number of nitrogens with one attached hydrogen (secondary N) is 1. The molecule has 0 saturated heterocycles. The number of carbonyl (C=O) groups is 2. The van der Waals surface area contributed by atoms with Crippen LogP contribution in [0.5, 0.6) is 5.75 Å². The molecule has 1 amide bonds. The molecule has 8 nitrogen and oxygen atoms in total. The second-order valence-corrected chi connectivity index (χ2v) is 6.07. The summed E-state index contributed by atoms with van der Waals surface area (Å²) in [6, 6.07) is 8.52. The monoisotopic (exact) mass is 392 g/mol. The molecule has 0 bridgehead atoms. The fraction of sp³-hybridized carbons (Fsp3) is 0.222. The summed E-state index contributed by atoms with van der Waals surface area (Å²) in [5, 5.41) is 14.0. The Bertz CT molecular complexity index is 899. The van der Waals surface area contributed by atoms with Gasteiger partial charge in [0.05, 0.1) is 12.0 Å². The van der Waals surface area contributed by atoms with Gasteiger partial charge in [-0.1, -0.05) is 17.7 Å². The molecule has 0 aliphatic carbocycles. The first-order chi connectivity index (χ1) is 12.7. The number of benzene rings is 2. The summed E-state index contributed by atoms with van der Waals surface area (Å²) in [5.41, 5.74) is 0.828. The van der Waals surface area contributed by atoms with Gasteiger partial charge in [0, 0.05) is 22.8 Å². The minimum atomic E-state index is -1.15. The molecule has 0 fully saturated rings. The highest BCUT2D eigenvalue weighted by Gasteiger charge is 2.24. The Morgan fingerprint density at radius 3 is 2.56 bits per heavy atom. The van der Waals surface area contributed by atoms with Crippen molar-refractivity contribution in [1.82, 2.24) is 0 Å². The molecule has 2 aromatic rings. The van der Waals surface area contributed by atoms with Gasteiger partial charge in [0.15, 0.2) is 6.10 Å². The van der Waals surface area contributed by atoms with E-state index in [2.05, 4.69) is 5.32 Å². The van der Waals surface area contributed by atoms with Crippen LogP contribution in [0.2, 0.25) is 5.02 Å². The zero-order valence-electron chi connectivity index (χ0n) is 14.8. The molecule has 2 aromatic carbocycles. The van der Waals surface area contributed by atoms with E-state index in [0.717, 1.165) is 11.6 Å². The van der Waals surface area contributed by atoms with Crippen molar-refractivity contribution in [2.75, 3.05) is 12.4 Å². The summed E-state index contributed by atoms with van der Waals surface area (Å²) in [6.45, 7) is 3.17. The number of nitrogens with zero attached hydrogens (tertiary/aromatic N) is 1. The number of halogens is 1. The lowest BCUT2D eigenvalue weighted by Gasteiger charge is -2.15. The third-order valence-corrected chi connectivity index (χ3v) is 3.96. The second-order valence-electron chi connectivity index (χ2n) is 5.64. The number of nitro benzene ring substituents is 1. The molecule has 1 N–H and O–H groups in total. The number of rotatable bonds is 6. The van der Waals surface area contributed by atoms with Crippen molar-refractivity contribution in [1.29, 1.82) is 0 Å². The maximum absolute atomic E-state index is 12.4. The van der Waals surface area contributed by atoms with E-state index >= 15 is 0 Å². The molecule has 1 atom stereocenters. The van der Waals surface area contributed by atoms with Gasteiger partial charge in [0.1, 0.15) is 11.3 Å². The predicted octanol–water partition coefficient (Wildman–Crippen LogP) is 3.75. The van der Waals surface area contributed by atoms with Crippen molar-refractivity contribution in [2.24, 2.45) is 0 Å². The number of methoxy groups -OCH3 is 1. The molecule has 9 heteroatoms. The lowest BCUT2D eigenvalue weighted by Crippen LogP contribution is -2.30. The van der Waals surface area contributed by atoms with Gasteiger partial charge in [-0.3, -0.25) is 14.9 Å². The number of non-ortho nitro benzene ring substituents is 1. The number of anilines is 1. The van der Waals surface area contributed by atoms with Gasteiger partial charge in [-0.05, 0) is 37.6 Å². The Hall–Kier alpha value is -3.13. The largest absolute Gasteiger partial charge is 0.496 e. The Morgan fingerprint density at radius 2 is 1.93 bits per heavy atom. The first-order valence-corrected chi connectivity index (χ1v) is 8.21. The van der Waals surface area contributed by atoms with E-state index in [1.807, 2.05) is 0 Å². The minimum Gasteiger partial charge on any atom is -0.496 e. The maximum Gasteiger partial charge on any atom is 0.342 e. The summed E-state index contributed by atoms with van der Waals surface area (Å²) in [4.78, 5) is 34.9. The van der Waals surface area contributed by atoms with E-state index in [0.29, 0.717) is 10.7 Å². The van der Waals surface area contributed by atoms with Crippen LogP contribution in [0.3, 0.4) is 0 Å². The van der Waals surface area contributed by atoms with Gasteiger partial charge in [-0.15, -0.1) is 0 Å². The molecule has 0 aliphatic rings. The maximum atomic E-state index is 12.4. The summed E-state index contributed by atoms with van der Waals surface area (Å²) in [7, 11) is 1.32. The van der Waals surface area contributed by atoms with Crippen LogP contribution in [-0.4, -0.2) is 30.0 Å². The van der Waals surface area contributed by atoms with Crippen LogP contribution in [0.15, 0.2) is 36.4 Å². The van der Waals surface area contributed by atoms with E-state index in [-0.39, 0.29) is 17.0 Å². The molecule has 0 radical (unpaired) electrons. The normalized spacial score (nSPS) is 11.4. The first-order valence-electron chi connectivity index (χ1n) is 7.83. The van der Waals surface area contributed by atoms with Gasteiger partial charge in [0.25, 0.3) is 11.6 Å². The number of ether oxygens (including phenoxy) is 2. The number of hydrogen-bond acceptors (Lipinski definition) is 6. The van der Waals surface area contributed by atoms with Crippen LogP contribution in [-0.2, 0) is 9.53 Å². The van der Waals surface area contributed by atoms with E-state index in [1.165, 1.54) is 26.2 Å². The molecular formula is C18H17ClN2O6. The number of hydrogen-bond donors (Lipinski definition) is 1. The van der Waals surface area contributed by atoms with Crippen LogP contribution in [0.25, 0.3) is 0 Å². The predicted molar refractivity (Wildman–Crippen MR) is 99.3 cm³/mol. The molecule has 0 unspecified atom stereocenters. The van der Waals surface area contributed by atoms with Crippen LogP contribution in [0.1, 0.15) is 22.8 Å². The smallest absolute Gasteiger partial charge is 0.342 e. The highest BCUT2D eigenvalue weighted by Crippen LogP contribution is 2.25. The fourth-order valence-corrected chi connectivity index (χ4v) is 2.38. The van der Waals surface area contributed by atoms with Crippen LogP contribution >= 0.6 is 11.6 Å². The van der Waals surface area contributed by atoms with E-state index in [9.17, 15) is 19.7 Å². The summed E-state index contributed by atoms with van der Waals surface area (Å²) >= 11 is 5.91. The zero-order valence-corrected chi connectivity index (χ0v) is 15.6. The molecule has 0 spiro atoms. The molecule has 0 heterocycles. The molecule has 0 aliphatic heterocycles. The van der Waals surface area contributed by atoms with Gasteiger partial charge < -0.3 is 14.8 Å². The Balaban J connectivity index is 2.15.